The van der Waals surface area contributed by atoms with Crippen LogP contribution < -0.4 is 0 Å². The molecular weight excluding hydrogens is 492 g/mol. The van der Waals surface area contributed by atoms with Crippen molar-refractivity contribution in [2.24, 2.45) is 0 Å². The molecule has 0 unspecified atom stereocenters. The van der Waals surface area contributed by atoms with Crippen LogP contribution in [0.25, 0.3) is 77.5 Å². The van der Waals surface area contributed by atoms with E-state index >= 15 is 0 Å². The van der Waals surface area contributed by atoms with Crippen molar-refractivity contribution < 1.29 is 0 Å². The summed E-state index contributed by atoms with van der Waals surface area (Å²) in [5, 5.41) is 15.6. The molecule has 0 N–H and O–H groups in total. The van der Waals surface area contributed by atoms with Crippen molar-refractivity contribution in [3.05, 3.63) is 122 Å². The summed E-state index contributed by atoms with van der Waals surface area (Å²) in [6.45, 7) is 0. The molecule has 0 amide bonds. The van der Waals surface area contributed by atoms with E-state index in [0.717, 1.165) is 54.8 Å². The zero-order valence-electron chi connectivity index (χ0n) is 21.2. The lowest BCUT2D eigenvalue weighted by molar-refractivity contribution is 1.05. The first-order valence-corrected chi connectivity index (χ1v) is 13.1. The first kappa shape index (κ1) is 22.4. The molecule has 0 spiro atoms. The summed E-state index contributed by atoms with van der Waals surface area (Å²) >= 11 is 0. The van der Waals surface area contributed by atoms with E-state index in [0.29, 0.717) is 22.7 Å². The topological polar surface area (TPSA) is 77.3 Å². The molecule has 0 atom stereocenters. The van der Waals surface area contributed by atoms with Gasteiger partial charge in [-0.2, -0.15) is 0 Å². The molecule has 0 fully saturated rings. The Bertz CT molecular complexity index is 2240. The number of hydrogen-bond acceptors (Lipinski definition) is 6. The maximum atomic E-state index is 5.04. The second kappa shape index (κ2) is 8.99. The van der Waals surface area contributed by atoms with Gasteiger partial charge in [0.25, 0.3) is 0 Å². The Labute approximate surface area is 229 Å². The third-order valence-electron chi connectivity index (χ3n) is 7.29. The van der Waals surface area contributed by atoms with Crippen molar-refractivity contribution >= 4 is 43.5 Å². The van der Waals surface area contributed by atoms with Gasteiger partial charge in [0.1, 0.15) is 11.4 Å². The number of fused-ring (bicyclic) bond motifs is 4. The summed E-state index contributed by atoms with van der Waals surface area (Å²) in [5.74, 6) is 0. The van der Waals surface area contributed by atoms with Crippen LogP contribution in [0.3, 0.4) is 0 Å². The minimum atomic E-state index is 0.669. The van der Waals surface area contributed by atoms with E-state index in [1.165, 1.54) is 0 Å². The van der Waals surface area contributed by atoms with E-state index in [1.54, 1.807) is 6.20 Å². The highest BCUT2D eigenvalue weighted by Gasteiger charge is 2.20. The van der Waals surface area contributed by atoms with E-state index < -0.39 is 0 Å². The van der Waals surface area contributed by atoms with Crippen molar-refractivity contribution in [1.29, 1.82) is 0 Å². The average Bonchev–Trinajstić information content (AvgIpc) is 3.03. The zero-order valence-corrected chi connectivity index (χ0v) is 21.2. The van der Waals surface area contributed by atoms with E-state index in [-0.39, 0.29) is 0 Å². The molecule has 40 heavy (non-hydrogen) atoms. The molecule has 0 bridgehead atoms. The lowest BCUT2D eigenvalue weighted by atomic mass is 9.95. The molecule has 186 valence electrons. The van der Waals surface area contributed by atoms with Crippen LogP contribution in [0.15, 0.2) is 122 Å². The molecule has 6 nitrogen and oxygen atoms in total. The van der Waals surface area contributed by atoms with Crippen LogP contribution in [0.2, 0.25) is 0 Å². The predicted octanol–water partition coefficient (Wildman–Crippen LogP) is 7.67. The molecule has 0 saturated heterocycles. The largest absolute Gasteiger partial charge is 0.254 e. The van der Waals surface area contributed by atoms with Crippen LogP contribution >= 0.6 is 0 Å². The maximum absolute atomic E-state index is 5.04. The van der Waals surface area contributed by atoms with Gasteiger partial charge in [-0.1, -0.05) is 66.7 Å². The number of para-hydroxylation sites is 1. The normalized spacial score (nSPS) is 11.5. The van der Waals surface area contributed by atoms with Gasteiger partial charge >= 0.3 is 0 Å². The van der Waals surface area contributed by atoms with E-state index in [2.05, 4.69) is 47.4 Å². The number of benzene rings is 3. The van der Waals surface area contributed by atoms with Crippen LogP contribution in [-0.2, 0) is 0 Å². The fourth-order valence-corrected chi connectivity index (χ4v) is 5.39. The number of pyridine rings is 4. The highest BCUT2D eigenvalue weighted by atomic mass is 15.1. The van der Waals surface area contributed by atoms with E-state index in [4.69, 9.17) is 25.1 Å². The third kappa shape index (κ3) is 3.58. The molecule has 0 radical (unpaired) electrons. The zero-order chi connectivity index (χ0) is 26.5. The highest BCUT2D eigenvalue weighted by Crippen LogP contribution is 2.39. The van der Waals surface area contributed by atoms with Crippen molar-refractivity contribution in [3.63, 3.8) is 0 Å². The summed E-state index contributed by atoms with van der Waals surface area (Å²) in [6.07, 6.45) is 3.58. The number of rotatable bonds is 3. The SMILES string of the molecule is c1ccc2nc(-c3cccc4c(-c5ccc6cccnc6n5)nnc(-c5nccc6ccccc56)c34)ccc2c1. The Morgan fingerprint density at radius 2 is 1.20 bits per heavy atom. The van der Waals surface area contributed by atoms with Gasteiger partial charge in [0.05, 0.1) is 22.6 Å². The molecule has 8 aromatic rings. The van der Waals surface area contributed by atoms with Gasteiger partial charge in [-0.15, -0.1) is 10.2 Å². The molecule has 5 aromatic heterocycles. The summed E-state index contributed by atoms with van der Waals surface area (Å²) in [5.41, 5.74) is 6.32. The monoisotopic (exact) mass is 512 g/mol. The van der Waals surface area contributed by atoms with Crippen LogP contribution in [-0.4, -0.2) is 30.1 Å². The summed E-state index contributed by atoms with van der Waals surface area (Å²) in [4.78, 5) is 19.2. The minimum absolute atomic E-state index is 0.669. The van der Waals surface area contributed by atoms with Crippen LogP contribution in [0, 0.1) is 0 Å². The quantitative estimate of drug-likeness (QED) is 0.242. The minimum Gasteiger partial charge on any atom is -0.254 e. The van der Waals surface area contributed by atoms with Gasteiger partial charge < -0.3 is 0 Å². The lowest BCUT2D eigenvalue weighted by Crippen LogP contribution is -2.00. The fourth-order valence-electron chi connectivity index (χ4n) is 5.39. The predicted molar refractivity (Wildman–Crippen MR) is 160 cm³/mol. The van der Waals surface area contributed by atoms with Gasteiger partial charge in [-0.05, 0) is 47.9 Å². The Balaban J connectivity index is 1.46. The van der Waals surface area contributed by atoms with Gasteiger partial charge in [0, 0.05) is 44.9 Å². The van der Waals surface area contributed by atoms with Crippen molar-refractivity contribution in [1.82, 2.24) is 30.1 Å². The van der Waals surface area contributed by atoms with Gasteiger partial charge in [0.2, 0.25) is 0 Å². The molecular formula is C34H20N6. The van der Waals surface area contributed by atoms with Crippen molar-refractivity contribution in [3.8, 4) is 34.0 Å². The Morgan fingerprint density at radius 1 is 0.425 bits per heavy atom. The highest BCUT2D eigenvalue weighted by molar-refractivity contribution is 6.11. The second-order valence-electron chi connectivity index (χ2n) is 9.64. The van der Waals surface area contributed by atoms with Gasteiger partial charge in [-0.3, -0.25) is 4.98 Å². The number of aromatic nitrogens is 6. The molecule has 5 heterocycles. The number of hydrogen-bond donors (Lipinski definition) is 0. The van der Waals surface area contributed by atoms with Gasteiger partial charge in [0.15, 0.2) is 5.65 Å². The molecule has 0 saturated carbocycles. The first-order valence-electron chi connectivity index (χ1n) is 13.1. The molecule has 0 aliphatic rings. The maximum Gasteiger partial charge on any atom is 0.159 e. The molecule has 6 heteroatoms. The molecule has 8 rings (SSSR count). The Morgan fingerprint density at radius 3 is 2.17 bits per heavy atom. The number of nitrogens with zero attached hydrogens (tertiary/aromatic N) is 6. The summed E-state index contributed by atoms with van der Waals surface area (Å²) in [6, 6.07) is 36.7. The van der Waals surface area contributed by atoms with Crippen molar-refractivity contribution in [2.75, 3.05) is 0 Å². The molecule has 3 aromatic carbocycles. The van der Waals surface area contributed by atoms with E-state index in [1.807, 2.05) is 72.9 Å². The summed E-state index contributed by atoms with van der Waals surface area (Å²) < 4.78 is 0. The average molecular weight is 513 g/mol. The standard InChI is InChI=1S/C34H20N6/c1-3-10-24-21(7-1)18-20-35-32(24)33-30-25(28-16-14-22-8-2-4-13-27(22)37-28)11-5-12-26(30)31(39-40-33)29-17-15-23-9-6-19-36-34(23)38-29/h1-20H. The molecule has 0 aliphatic heterocycles. The Kier molecular flexibility index (Phi) is 5.03. The lowest BCUT2D eigenvalue weighted by Gasteiger charge is -2.14. The van der Waals surface area contributed by atoms with E-state index in [9.17, 15) is 0 Å². The first-order chi connectivity index (χ1) is 19.8. The summed E-state index contributed by atoms with van der Waals surface area (Å²) in [7, 11) is 0. The fraction of sp³-hybridized carbons (Fsp3) is 0. The van der Waals surface area contributed by atoms with Crippen LogP contribution in [0.4, 0.5) is 0 Å². The molecule has 0 aliphatic carbocycles. The second-order valence-corrected chi connectivity index (χ2v) is 9.64. The van der Waals surface area contributed by atoms with Gasteiger partial charge in [-0.25, -0.2) is 15.0 Å². The van der Waals surface area contributed by atoms with Crippen LogP contribution in [0.5, 0.6) is 0 Å². The van der Waals surface area contributed by atoms with Crippen LogP contribution in [0.1, 0.15) is 0 Å². The van der Waals surface area contributed by atoms with Crippen molar-refractivity contribution in [2.45, 2.75) is 0 Å². The third-order valence-corrected chi connectivity index (χ3v) is 7.29. The smallest absolute Gasteiger partial charge is 0.159 e. The Hall–Kier alpha value is -5.62.